The van der Waals surface area contributed by atoms with Crippen LogP contribution in [0.4, 0.5) is 0 Å². The van der Waals surface area contributed by atoms with Crippen LogP contribution in [0.15, 0.2) is 0 Å². The van der Waals surface area contributed by atoms with Crippen LogP contribution in [-0.4, -0.2) is 27.0 Å². The van der Waals surface area contributed by atoms with E-state index in [1.807, 2.05) is 0 Å². The Morgan fingerprint density at radius 2 is 2.00 bits per heavy atom. The Labute approximate surface area is 49.8 Å². The highest BCUT2D eigenvalue weighted by atomic mass is 32.2. The van der Waals surface area contributed by atoms with Gasteiger partial charge in [0.25, 0.3) is 0 Å². The fourth-order valence-electron chi connectivity index (χ4n) is 0.346. The van der Waals surface area contributed by atoms with E-state index < -0.39 is 9.84 Å². The fraction of sp³-hybridized carbons (Fsp3) is 1.00. The summed E-state index contributed by atoms with van der Waals surface area (Å²) in [6.07, 6.45) is 1.78. The molecule has 2 N–H and O–H groups in total. The molecule has 3 nitrogen and oxygen atoms in total. The van der Waals surface area contributed by atoms with E-state index in [4.69, 9.17) is 5.73 Å². The van der Waals surface area contributed by atoms with Gasteiger partial charge in [0.1, 0.15) is 9.84 Å². The summed E-state index contributed by atoms with van der Waals surface area (Å²) in [5, 5.41) is 0. The van der Waals surface area contributed by atoms with Crippen molar-refractivity contribution < 1.29 is 8.42 Å². The average molecular weight is 137 g/mol. The first-order valence-corrected chi connectivity index (χ1v) is 4.50. The lowest BCUT2D eigenvalue weighted by Crippen LogP contribution is -2.08. The molecular formula is C4H11NO2S. The van der Waals surface area contributed by atoms with Crippen LogP contribution in [0.1, 0.15) is 6.42 Å². The van der Waals surface area contributed by atoms with Gasteiger partial charge < -0.3 is 5.73 Å². The Morgan fingerprint density at radius 1 is 1.50 bits per heavy atom. The zero-order valence-corrected chi connectivity index (χ0v) is 5.74. The van der Waals surface area contributed by atoms with Gasteiger partial charge in [0.2, 0.25) is 0 Å². The normalized spacial score (nSPS) is 11.8. The van der Waals surface area contributed by atoms with Gasteiger partial charge in [-0.3, -0.25) is 0 Å². The van der Waals surface area contributed by atoms with Crippen molar-refractivity contribution in [2.24, 2.45) is 5.73 Å². The van der Waals surface area contributed by atoms with Crippen LogP contribution >= 0.6 is 0 Å². The summed E-state index contributed by atoms with van der Waals surface area (Å²) in [5.74, 6) is 0.212. The third kappa shape index (κ3) is 5.91. The maximum atomic E-state index is 10.3. The van der Waals surface area contributed by atoms with Gasteiger partial charge in [-0.1, -0.05) is 0 Å². The summed E-state index contributed by atoms with van der Waals surface area (Å²) in [5.41, 5.74) is 5.07. The second kappa shape index (κ2) is 3.04. The summed E-state index contributed by atoms with van der Waals surface area (Å²) < 4.78 is 20.7. The summed E-state index contributed by atoms with van der Waals surface area (Å²) in [6.45, 7) is 0.451. The van der Waals surface area contributed by atoms with Gasteiger partial charge in [-0.2, -0.15) is 0 Å². The van der Waals surface area contributed by atoms with Crippen molar-refractivity contribution in [2.45, 2.75) is 6.42 Å². The average Bonchev–Trinajstić information content (AvgIpc) is 1.59. The van der Waals surface area contributed by atoms with E-state index in [0.29, 0.717) is 13.0 Å². The molecule has 0 aliphatic carbocycles. The smallest absolute Gasteiger partial charge is 0.147 e. The molecule has 0 aliphatic rings. The third-order valence-corrected chi connectivity index (χ3v) is 1.75. The maximum absolute atomic E-state index is 10.3. The van der Waals surface area contributed by atoms with Crippen molar-refractivity contribution in [2.75, 3.05) is 18.6 Å². The molecular weight excluding hydrogens is 126 g/mol. The summed E-state index contributed by atoms with van der Waals surface area (Å²) >= 11 is 0. The lowest BCUT2D eigenvalue weighted by molar-refractivity contribution is 0.599. The van der Waals surface area contributed by atoms with E-state index in [9.17, 15) is 8.42 Å². The molecule has 0 atom stereocenters. The van der Waals surface area contributed by atoms with E-state index in [-0.39, 0.29) is 5.75 Å². The van der Waals surface area contributed by atoms with E-state index in [1.54, 1.807) is 0 Å². The molecule has 0 amide bonds. The lowest BCUT2D eigenvalue weighted by atomic mass is 10.5. The first-order valence-electron chi connectivity index (χ1n) is 2.44. The molecule has 0 saturated carbocycles. The molecule has 4 heteroatoms. The van der Waals surface area contributed by atoms with Crippen molar-refractivity contribution in [3.8, 4) is 0 Å². The molecule has 0 heterocycles. The number of sulfone groups is 1. The molecule has 0 aromatic carbocycles. The predicted octanol–water partition coefficient (Wildman–Crippen LogP) is -0.620. The van der Waals surface area contributed by atoms with Crippen LogP contribution in [0.25, 0.3) is 0 Å². The molecule has 0 aliphatic heterocycles. The Balaban J connectivity index is 3.42. The highest BCUT2D eigenvalue weighted by Crippen LogP contribution is 1.84. The summed E-state index contributed by atoms with van der Waals surface area (Å²) in [7, 11) is -2.77. The quantitative estimate of drug-likeness (QED) is 0.564. The van der Waals surface area contributed by atoms with E-state index in [0.717, 1.165) is 0 Å². The standard InChI is InChI=1S/C4H11NO2S/c1-8(6,7)4-2-3-5/h2-5H2,1H3. The predicted molar refractivity (Wildman–Crippen MR) is 33.4 cm³/mol. The van der Waals surface area contributed by atoms with Gasteiger partial charge in [0.05, 0.1) is 5.75 Å². The van der Waals surface area contributed by atoms with Crippen molar-refractivity contribution in [1.29, 1.82) is 0 Å². The van der Waals surface area contributed by atoms with Crippen LogP contribution < -0.4 is 5.73 Å². The minimum atomic E-state index is -2.77. The molecule has 0 fully saturated rings. The zero-order valence-electron chi connectivity index (χ0n) is 4.92. The number of hydrogen-bond donors (Lipinski definition) is 1. The molecule has 0 unspecified atom stereocenters. The topological polar surface area (TPSA) is 60.2 Å². The second-order valence-electron chi connectivity index (χ2n) is 1.77. The van der Waals surface area contributed by atoms with Gasteiger partial charge in [-0.05, 0) is 13.0 Å². The van der Waals surface area contributed by atoms with Gasteiger partial charge in [0, 0.05) is 6.26 Å². The largest absolute Gasteiger partial charge is 0.330 e. The summed E-state index contributed by atoms with van der Waals surface area (Å²) in [6, 6.07) is 0. The van der Waals surface area contributed by atoms with Crippen LogP contribution in [0, 0.1) is 0 Å². The Kier molecular flexibility index (Phi) is 3.01. The van der Waals surface area contributed by atoms with Crippen molar-refractivity contribution in [3.05, 3.63) is 0 Å². The van der Waals surface area contributed by atoms with E-state index in [2.05, 4.69) is 0 Å². The molecule has 0 saturated heterocycles. The second-order valence-corrected chi connectivity index (χ2v) is 4.03. The van der Waals surface area contributed by atoms with Gasteiger partial charge in [0.15, 0.2) is 0 Å². The first-order chi connectivity index (χ1) is 3.56. The molecule has 50 valence electrons. The first kappa shape index (κ1) is 7.91. The van der Waals surface area contributed by atoms with Gasteiger partial charge in [-0.15, -0.1) is 0 Å². The molecule has 0 spiro atoms. The Bertz CT molecular complexity index is 138. The zero-order chi connectivity index (χ0) is 6.62. The van der Waals surface area contributed by atoms with Crippen molar-refractivity contribution >= 4 is 9.84 Å². The molecule has 0 rings (SSSR count). The third-order valence-electron chi connectivity index (χ3n) is 0.719. The Morgan fingerprint density at radius 3 is 2.12 bits per heavy atom. The van der Waals surface area contributed by atoms with Crippen molar-refractivity contribution in [1.82, 2.24) is 0 Å². The molecule has 0 bridgehead atoms. The molecule has 8 heavy (non-hydrogen) atoms. The number of nitrogens with two attached hydrogens (primary N) is 1. The highest BCUT2D eigenvalue weighted by Gasteiger charge is 1.97. The highest BCUT2D eigenvalue weighted by molar-refractivity contribution is 7.90. The number of rotatable bonds is 3. The van der Waals surface area contributed by atoms with Crippen LogP contribution in [0.5, 0.6) is 0 Å². The van der Waals surface area contributed by atoms with Gasteiger partial charge in [-0.25, -0.2) is 8.42 Å². The van der Waals surface area contributed by atoms with E-state index in [1.165, 1.54) is 6.26 Å². The monoisotopic (exact) mass is 137 g/mol. The summed E-state index contributed by atoms with van der Waals surface area (Å²) in [4.78, 5) is 0. The van der Waals surface area contributed by atoms with Crippen LogP contribution in [-0.2, 0) is 9.84 Å². The van der Waals surface area contributed by atoms with Crippen LogP contribution in [0.2, 0.25) is 0 Å². The Hall–Kier alpha value is -0.0900. The van der Waals surface area contributed by atoms with E-state index >= 15 is 0 Å². The molecule has 0 radical (unpaired) electrons. The fourth-order valence-corrected chi connectivity index (χ4v) is 1.04. The number of hydrogen-bond acceptors (Lipinski definition) is 3. The molecule has 0 aromatic rings. The minimum Gasteiger partial charge on any atom is -0.330 e. The maximum Gasteiger partial charge on any atom is 0.147 e. The lowest BCUT2D eigenvalue weighted by Gasteiger charge is -1.91. The van der Waals surface area contributed by atoms with Crippen LogP contribution in [0.3, 0.4) is 0 Å². The minimum absolute atomic E-state index is 0.212. The molecule has 0 aromatic heterocycles. The van der Waals surface area contributed by atoms with Crippen molar-refractivity contribution in [3.63, 3.8) is 0 Å². The van der Waals surface area contributed by atoms with Gasteiger partial charge >= 0.3 is 0 Å². The SMILES string of the molecule is CS(=O)(=O)CCCN.